The van der Waals surface area contributed by atoms with Crippen molar-refractivity contribution in [3.05, 3.63) is 82.7 Å². The van der Waals surface area contributed by atoms with Gasteiger partial charge in [0.15, 0.2) is 5.58 Å². The van der Waals surface area contributed by atoms with E-state index in [1.165, 1.54) is 0 Å². The molecule has 0 aliphatic carbocycles. The Morgan fingerprint density at radius 1 is 1.12 bits per heavy atom. The van der Waals surface area contributed by atoms with Gasteiger partial charge in [0.1, 0.15) is 17.5 Å². The molecule has 0 saturated carbocycles. The zero-order valence-corrected chi connectivity index (χ0v) is 20.9. The van der Waals surface area contributed by atoms with Crippen LogP contribution in [0.2, 0.25) is 0 Å². The van der Waals surface area contributed by atoms with Gasteiger partial charge in [-0.3, -0.25) is 0 Å². The molecule has 6 nitrogen and oxygen atoms in total. The highest BCUT2D eigenvalue weighted by molar-refractivity contribution is 7.84. The fourth-order valence-corrected chi connectivity index (χ4v) is 4.63. The summed E-state index contributed by atoms with van der Waals surface area (Å²) in [5.41, 5.74) is 6.55. The molecule has 0 aliphatic rings. The van der Waals surface area contributed by atoms with Crippen LogP contribution in [0.4, 0.5) is 0 Å². The van der Waals surface area contributed by atoms with Crippen LogP contribution in [0.1, 0.15) is 54.9 Å². The maximum Gasteiger partial charge on any atom is 0.167 e. The molecule has 0 aliphatic heterocycles. The van der Waals surface area contributed by atoms with E-state index in [-0.39, 0.29) is 6.04 Å². The van der Waals surface area contributed by atoms with E-state index >= 15 is 0 Å². The minimum absolute atomic E-state index is 0.325. The van der Waals surface area contributed by atoms with Crippen LogP contribution < -0.4 is 4.72 Å². The minimum atomic E-state index is -1.33. The summed E-state index contributed by atoms with van der Waals surface area (Å²) in [6.45, 7) is 9.80. The number of hydrogen-bond donors (Lipinski definition) is 1. The predicted molar refractivity (Wildman–Crippen MR) is 135 cm³/mol. The summed E-state index contributed by atoms with van der Waals surface area (Å²) in [6, 6.07) is 19.4. The molecule has 174 valence electrons. The minimum Gasteiger partial charge on any atom is -0.356 e. The van der Waals surface area contributed by atoms with Gasteiger partial charge in [0.25, 0.3) is 0 Å². The normalized spacial score (nSPS) is 13.5. The van der Waals surface area contributed by atoms with Crippen LogP contribution in [0.3, 0.4) is 0 Å². The Bertz CT molecular complexity index is 1410. The number of benzene rings is 2. The first-order chi connectivity index (χ1) is 16.2. The first kappa shape index (κ1) is 23.8. The largest absolute Gasteiger partial charge is 0.356 e. The molecule has 0 spiro atoms. The molecule has 4 rings (SSSR count). The van der Waals surface area contributed by atoms with Crippen LogP contribution in [0, 0.1) is 25.2 Å². The molecule has 34 heavy (non-hydrogen) atoms. The number of pyridine rings is 1. The number of nitrogens with zero attached hydrogens (tertiary/aromatic N) is 3. The average Bonchev–Trinajstić information content (AvgIpc) is 3.22. The molecule has 2 unspecified atom stereocenters. The monoisotopic (exact) mass is 472 g/mol. The lowest BCUT2D eigenvalue weighted by Crippen LogP contribution is -2.37. The van der Waals surface area contributed by atoms with Crippen molar-refractivity contribution < 1.29 is 8.73 Å². The van der Waals surface area contributed by atoms with E-state index in [9.17, 15) is 9.47 Å². The third-order valence-electron chi connectivity index (χ3n) is 5.74. The van der Waals surface area contributed by atoms with Gasteiger partial charge in [0.05, 0.1) is 21.8 Å². The summed E-state index contributed by atoms with van der Waals surface area (Å²) in [5, 5.41) is 14.7. The Morgan fingerprint density at radius 2 is 1.88 bits per heavy atom. The molecule has 2 aromatic heterocycles. The van der Waals surface area contributed by atoms with E-state index < -0.39 is 15.7 Å². The molecule has 2 aromatic carbocycles. The Balaban J connectivity index is 1.84. The van der Waals surface area contributed by atoms with E-state index in [1.54, 1.807) is 6.07 Å². The van der Waals surface area contributed by atoms with Crippen LogP contribution >= 0.6 is 0 Å². The van der Waals surface area contributed by atoms with Gasteiger partial charge in [-0.05, 0) is 69.5 Å². The van der Waals surface area contributed by atoms with E-state index in [1.807, 2.05) is 83.1 Å². The first-order valence-corrected chi connectivity index (χ1v) is 12.3. The Kier molecular flexibility index (Phi) is 6.65. The lowest BCUT2D eigenvalue weighted by atomic mass is 9.93. The molecule has 1 N–H and O–H groups in total. The first-order valence-electron chi connectivity index (χ1n) is 11.2. The highest BCUT2D eigenvalue weighted by Gasteiger charge is 2.27. The van der Waals surface area contributed by atoms with E-state index in [2.05, 4.69) is 20.9 Å². The van der Waals surface area contributed by atoms with Crippen molar-refractivity contribution in [1.29, 1.82) is 5.26 Å². The number of fused-ring (bicyclic) bond motifs is 1. The van der Waals surface area contributed by atoms with Crippen molar-refractivity contribution in [2.24, 2.45) is 0 Å². The number of rotatable bonds is 6. The summed E-state index contributed by atoms with van der Waals surface area (Å²) in [6.07, 6.45) is 0.467. The third kappa shape index (κ3) is 4.93. The summed E-state index contributed by atoms with van der Waals surface area (Å²) >= 11 is 0. The molecule has 0 saturated heterocycles. The molecule has 0 radical (unpaired) electrons. The molecule has 0 bridgehead atoms. The molecule has 2 heterocycles. The Hall–Kier alpha value is -3.34. The predicted octanol–water partition coefficient (Wildman–Crippen LogP) is 5.71. The van der Waals surface area contributed by atoms with Gasteiger partial charge in [-0.1, -0.05) is 41.6 Å². The van der Waals surface area contributed by atoms with Crippen LogP contribution in [-0.4, -0.2) is 19.1 Å². The lowest BCUT2D eigenvalue weighted by Gasteiger charge is -2.26. The van der Waals surface area contributed by atoms with Crippen molar-refractivity contribution >= 4 is 22.0 Å². The number of aromatic nitrogens is 2. The Labute approximate surface area is 202 Å². The van der Waals surface area contributed by atoms with Crippen molar-refractivity contribution in [1.82, 2.24) is 14.9 Å². The maximum absolute atomic E-state index is 13.2. The SMILES string of the molecule is Cc1ccc2c(-c3ccccc3C(Cc3nc(C#N)ccc3C)NS(=O)C(C)(C)C)noc2c1. The lowest BCUT2D eigenvalue weighted by molar-refractivity contribution is 0.459. The molecule has 0 amide bonds. The molecule has 4 aromatic rings. The van der Waals surface area contributed by atoms with Gasteiger partial charge >= 0.3 is 0 Å². The van der Waals surface area contributed by atoms with E-state index in [4.69, 9.17) is 4.52 Å². The van der Waals surface area contributed by atoms with Crippen LogP contribution in [0.5, 0.6) is 0 Å². The van der Waals surface area contributed by atoms with Gasteiger partial charge in [0, 0.05) is 23.1 Å². The second-order valence-corrected chi connectivity index (χ2v) is 11.4. The highest BCUT2D eigenvalue weighted by atomic mass is 32.2. The average molecular weight is 473 g/mol. The van der Waals surface area contributed by atoms with Crippen molar-refractivity contribution in [2.45, 2.75) is 51.8 Å². The molecule has 0 fully saturated rings. The number of nitriles is 1. The van der Waals surface area contributed by atoms with Crippen LogP contribution in [0.25, 0.3) is 22.2 Å². The zero-order valence-electron chi connectivity index (χ0n) is 20.0. The van der Waals surface area contributed by atoms with Crippen molar-refractivity contribution in [2.75, 3.05) is 0 Å². The number of nitrogens with one attached hydrogen (secondary N) is 1. The van der Waals surface area contributed by atoms with Gasteiger partial charge in [-0.15, -0.1) is 0 Å². The number of aryl methyl sites for hydroxylation is 2. The van der Waals surface area contributed by atoms with Gasteiger partial charge in [-0.2, -0.15) is 5.26 Å². The van der Waals surface area contributed by atoms with Gasteiger partial charge in [-0.25, -0.2) is 13.9 Å². The topological polar surface area (TPSA) is 91.8 Å². The fraction of sp³-hybridized carbons (Fsp3) is 0.296. The highest BCUT2D eigenvalue weighted by Crippen LogP contribution is 2.35. The van der Waals surface area contributed by atoms with Crippen LogP contribution in [-0.2, 0) is 17.4 Å². The second kappa shape index (κ2) is 9.49. The summed E-state index contributed by atoms with van der Waals surface area (Å²) < 4.78 is 21.7. The van der Waals surface area contributed by atoms with Crippen molar-refractivity contribution in [3.8, 4) is 17.3 Å². The Morgan fingerprint density at radius 3 is 2.62 bits per heavy atom. The quantitative estimate of drug-likeness (QED) is 0.388. The van der Waals surface area contributed by atoms with Gasteiger partial charge < -0.3 is 4.52 Å². The van der Waals surface area contributed by atoms with Crippen LogP contribution in [0.15, 0.2) is 59.1 Å². The fourth-order valence-electron chi connectivity index (χ4n) is 3.81. The van der Waals surface area contributed by atoms with Gasteiger partial charge in [0.2, 0.25) is 0 Å². The van der Waals surface area contributed by atoms with E-state index in [0.717, 1.165) is 44.6 Å². The standard InChI is InChI=1S/C27H28N4O2S/c1-17-10-13-22-25(14-17)33-30-26(22)21-9-7-6-8-20(21)24(31-34(32)27(3,4)5)15-23-18(2)11-12-19(16-28)29-23/h6-14,24,31H,15H2,1-5H3. The molecular formula is C27H28N4O2S. The number of hydrogen-bond acceptors (Lipinski definition) is 5. The second-order valence-electron chi connectivity index (χ2n) is 9.45. The smallest absolute Gasteiger partial charge is 0.167 e. The summed E-state index contributed by atoms with van der Waals surface area (Å²) in [7, 11) is -1.33. The van der Waals surface area contributed by atoms with Crippen molar-refractivity contribution in [3.63, 3.8) is 0 Å². The van der Waals surface area contributed by atoms with E-state index in [0.29, 0.717) is 12.1 Å². The molecule has 2 atom stereocenters. The summed E-state index contributed by atoms with van der Waals surface area (Å²) in [5.74, 6) is 0. The zero-order chi connectivity index (χ0) is 24.5. The molecule has 7 heteroatoms. The maximum atomic E-state index is 13.2. The third-order valence-corrected chi connectivity index (χ3v) is 7.35. The summed E-state index contributed by atoms with van der Waals surface area (Å²) in [4.78, 5) is 4.54. The molecular weight excluding hydrogens is 444 g/mol.